The molecule has 2 aliphatic heterocycles. The summed E-state index contributed by atoms with van der Waals surface area (Å²) >= 11 is 3.59. The molecule has 2 aliphatic rings. The molecule has 3 unspecified atom stereocenters. The lowest BCUT2D eigenvalue weighted by molar-refractivity contribution is -0.712. The molecule has 1 aromatic carbocycles. The van der Waals surface area contributed by atoms with E-state index in [1.54, 1.807) is 4.57 Å². The van der Waals surface area contributed by atoms with Gasteiger partial charge in [0.05, 0.1) is 30.7 Å². The minimum Gasteiger partial charge on any atom is -0.543 e. The van der Waals surface area contributed by atoms with Gasteiger partial charge in [-0.2, -0.15) is 0 Å². The van der Waals surface area contributed by atoms with E-state index in [1.807, 2.05) is 43.6 Å². The van der Waals surface area contributed by atoms with Gasteiger partial charge < -0.3 is 36.6 Å². The van der Waals surface area contributed by atoms with Crippen molar-refractivity contribution in [3.05, 3.63) is 58.9 Å². The number of hydrogen-bond acceptors (Lipinski definition) is 14. The van der Waals surface area contributed by atoms with Crippen LogP contribution < -0.4 is 26.5 Å². The van der Waals surface area contributed by atoms with Crippen LogP contribution in [0.25, 0.3) is 11.1 Å². The van der Waals surface area contributed by atoms with E-state index in [0.29, 0.717) is 16.5 Å². The first kappa shape index (κ1) is 32.7. The average molecular weight is 685 g/mol. The Labute approximate surface area is 274 Å². The van der Waals surface area contributed by atoms with Crippen LogP contribution in [0.1, 0.15) is 19.0 Å². The number of nitrogens with one attached hydrogen (secondary N) is 1. The highest BCUT2D eigenvalue weighted by molar-refractivity contribution is 8.01. The second-order valence-electron chi connectivity index (χ2n) is 10.2. The van der Waals surface area contributed by atoms with Gasteiger partial charge in [-0.15, -0.1) is 23.1 Å². The summed E-state index contributed by atoms with van der Waals surface area (Å²) in [6.45, 7) is 1.46. The van der Waals surface area contributed by atoms with Crippen molar-refractivity contribution in [1.82, 2.24) is 20.2 Å². The summed E-state index contributed by atoms with van der Waals surface area (Å²) in [6, 6.07) is 8.46. The molecule has 2 aromatic heterocycles. The predicted molar refractivity (Wildman–Crippen MR) is 169 cm³/mol. The summed E-state index contributed by atoms with van der Waals surface area (Å²) < 4.78 is 1.79. The quantitative estimate of drug-likeness (QED) is 0.0491. The third-order valence-electron chi connectivity index (χ3n) is 6.87. The monoisotopic (exact) mass is 684 g/mol. The molecular weight excluding hydrogens is 657 g/mol. The molecule has 15 nitrogen and oxygen atoms in total. The van der Waals surface area contributed by atoms with Crippen LogP contribution in [0.2, 0.25) is 0 Å². The molecule has 0 aliphatic carbocycles. The zero-order chi connectivity index (χ0) is 33.1. The number of fused-ring (bicyclic) bond motifs is 1. The molecule has 5 rings (SSSR count). The summed E-state index contributed by atoms with van der Waals surface area (Å²) in [6.07, 6.45) is 0.613. The third-order valence-corrected chi connectivity index (χ3v) is 10.0. The van der Waals surface area contributed by atoms with Crippen LogP contribution in [0.15, 0.2) is 63.5 Å². The number of thiazole rings is 1. The molecular formula is C28H28N8O7S3. The number of carbonyl (C=O) groups is 4. The van der Waals surface area contributed by atoms with Crippen LogP contribution in [0.3, 0.4) is 0 Å². The van der Waals surface area contributed by atoms with Crippen molar-refractivity contribution < 1.29 is 38.8 Å². The Kier molecular flexibility index (Phi) is 9.78. The first-order valence-corrected chi connectivity index (χ1v) is 16.6. The summed E-state index contributed by atoms with van der Waals surface area (Å²) in [5, 5.41) is 29.1. The van der Waals surface area contributed by atoms with Gasteiger partial charge in [0.1, 0.15) is 29.4 Å². The topological polar surface area (TPSA) is 230 Å². The fourth-order valence-corrected chi connectivity index (χ4v) is 7.69. The predicted octanol–water partition coefficient (Wildman–Crippen LogP) is -0.0259. The van der Waals surface area contributed by atoms with Crippen molar-refractivity contribution in [3.8, 4) is 11.1 Å². The fraction of sp³-hybridized carbons (Fsp3) is 0.286. The molecule has 3 atom stereocenters. The molecule has 1 saturated heterocycles. The van der Waals surface area contributed by atoms with Crippen LogP contribution >= 0.6 is 34.9 Å². The van der Waals surface area contributed by atoms with Gasteiger partial charge in [-0.05, 0) is 34.8 Å². The number of amides is 2. The normalized spacial score (nSPS) is 18.4. The first-order chi connectivity index (χ1) is 21.9. The standard InChI is InChI=1S/C28H28N8O7S3/c1-13(8-18(37)38)43-34-19(17-12-45-27(30)31-17)23(39)32-20-24(40)36-21(26(41)42)15(10-44-25(20)36)11-46-28-33-22(29)16(9-35(28)2)14-6-4-3-5-7-14/h3-7,9,12-13,20,25,29H,8,10-11H2,1-2H3,(H5,30,31,32,37,38,39,41,42)/b34-19-. The Hall–Kier alpha value is -4.68. The van der Waals surface area contributed by atoms with Crippen LogP contribution in [0, 0.1) is 0 Å². The number of carboxylic acids is 2. The van der Waals surface area contributed by atoms with E-state index in [9.17, 15) is 24.3 Å². The van der Waals surface area contributed by atoms with Gasteiger partial charge in [0.25, 0.3) is 17.6 Å². The van der Waals surface area contributed by atoms with E-state index in [4.69, 9.17) is 21.4 Å². The zero-order valence-electron chi connectivity index (χ0n) is 24.4. The van der Waals surface area contributed by atoms with Gasteiger partial charge in [-0.1, -0.05) is 35.5 Å². The maximum atomic E-state index is 13.3. The molecule has 2 amide bonds. The highest BCUT2D eigenvalue weighted by atomic mass is 32.2. The van der Waals surface area contributed by atoms with Crippen LogP contribution in [-0.2, 0) is 31.1 Å². The Morgan fingerprint density at radius 2 is 2.02 bits per heavy atom. The first-order valence-electron chi connectivity index (χ1n) is 13.6. The molecule has 46 heavy (non-hydrogen) atoms. The van der Waals surface area contributed by atoms with Crippen LogP contribution in [0.5, 0.6) is 0 Å². The molecule has 0 saturated carbocycles. The number of oxime groups is 1. The second kappa shape index (κ2) is 13.8. The van der Waals surface area contributed by atoms with Crippen LogP contribution in [0.4, 0.5) is 10.9 Å². The van der Waals surface area contributed by atoms with E-state index < -0.39 is 41.3 Å². The molecule has 0 spiro atoms. The number of nitrogen functional groups attached to an aromatic ring is 2. The highest BCUT2D eigenvalue weighted by Crippen LogP contribution is 2.41. The van der Waals surface area contributed by atoms with Gasteiger partial charge >= 0.3 is 11.1 Å². The smallest absolute Gasteiger partial charge is 0.361 e. The number of anilines is 2. The maximum absolute atomic E-state index is 13.3. The van der Waals surface area contributed by atoms with Crippen molar-refractivity contribution >= 4 is 75.3 Å². The molecule has 0 radical (unpaired) electrons. The fourth-order valence-electron chi connectivity index (χ4n) is 4.70. The van der Waals surface area contributed by atoms with E-state index in [0.717, 1.165) is 27.4 Å². The number of aliphatic carboxylic acids is 2. The molecule has 1 fully saturated rings. The number of carbonyl (C=O) groups excluding carboxylic acids is 3. The molecule has 18 heteroatoms. The number of β-lactam (4-membered cyclic amide) rings is 1. The van der Waals surface area contributed by atoms with E-state index in [1.165, 1.54) is 35.8 Å². The van der Waals surface area contributed by atoms with Gasteiger partial charge in [0.2, 0.25) is 0 Å². The largest absolute Gasteiger partial charge is 0.543 e. The minimum absolute atomic E-state index is 0.0660. The highest BCUT2D eigenvalue weighted by Gasteiger charge is 2.53. The van der Waals surface area contributed by atoms with Crippen LogP contribution in [-0.4, -0.2) is 78.5 Å². The molecule has 6 N–H and O–H groups in total. The Morgan fingerprint density at radius 3 is 2.67 bits per heavy atom. The lowest BCUT2D eigenvalue weighted by atomic mass is 10.0. The van der Waals surface area contributed by atoms with E-state index >= 15 is 0 Å². The summed E-state index contributed by atoms with van der Waals surface area (Å²) in [5.74, 6) is -3.35. The van der Waals surface area contributed by atoms with E-state index in [-0.39, 0.29) is 40.2 Å². The van der Waals surface area contributed by atoms with Crippen molar-refractivity contribution in [2.75, 3.05) is 23.0 Å². The SMILES string of the molecule is CC(CC(=O)O)O/N=C(\C(=O)NC1C(=O)N2C(C(=O)[O-])=C(CSc3nc(N)c(-c4ccccc4)c[n+]3C)CSC12)c1csc(N)n1. The maximum Gasteiger partial charge on any atom is 0.361 e. The number of thioether (sulfide) groups is 2. The number of carboxylic acid groups (broad SMARTS) is 2. The number of benzene rings is 1. The molecule has 3 aromatic rings. The summed E-state index contributed by atoms with van der Waals surface area (Å²) in [7, 11) is 1.81. The van der Waals surface area contributed by atoms with E-state index in [2.05, 4.69) is 20.4 Å². The van der Waals surface area contributed by atoms with Gasteiger partial charge in [-0.25, -0.2) is 9.55 Å². The Morgan fingerprint density at radius 1 is 1.28 bits per heavy atom. The summed E-state index contributed by atoms with van der Waals surface area (Å²) in [4.78, 5) is 64.6. The average Bonchev–Trinajstić information content (AvgIpc) is 3.45. The molecule has 240 valence electrons. The number of nitrogens with zero attached hydrogens (tertiary/aromatic N) is 5. The number of rotatable bonds is 12. The van der Waals surface area contributed by atoms with Gasteiger partial charge in [-0.3, -0.25) is 19.3 Å². The lowest BCUT2D eigenvalue weighted by Gasteiger charge is -2.50. The number of aromatic nitrogens is 3. The Balaban J connectivity index is 1.30. The molecule has 0 bridgehead atoms. The number of nitrogens with two attached hydrogens (primary N) is 2. The number of hydrogen-bond donors (Lipinski definition) is 4. The van der Waals surface area contributed by atoms with Crippen molar-refractivity contribution in [3.63, 3.8) is 0 Å². The van der Waals surface area contributed by atoms with Crippen molar-refractivity contribution in [2.45, 2.75) is 36.0 Å². The third kappa shape index (κ3) is 6.92. The van der Waals surface area contributed by atoms with Crippen molar-refractivity contribution in [1.29, 1.82) is 0 Å². The van der Waals surface area contributed by atoms with Crippen molar-refractivity contribution in [2.24, 2.45) is 12.2 Å². The second-order valence-corrected chi connectivity index (χ2v) is 13.2. The number of aryl methyl sites for hydroxylation is 1. The zero-order valence-corrected chi connectivity index (χ0v) is 26.9. The lowest BCUT2D eigenvalue weighted by Crippen LogP contribution is -2.71. The molecule has 4 heterocycles. The van der Waals surface area contributed by atoms with Gasteiger partial charge in [0, 0.05) is 16.9 Å². The van der Waals surface area contributed by atoms with Gasteiger partial charge in [0.15, 0.2) is 10.8 Å². The Bertz CT molecular complexity index is 1760. The summed E-state index contributed by atoms with van der Waals surface area (Å²) in [5.41, 5.74) is 13.6. The minimum atomic E-state index is -1.52.